The number of fused-ring (bicyclic) bond motifs is 1. The fourth-order valence-corrected chi connectivity index (χ4v) is 3.45. The summed E-state index contributed by atoms with van der Waals surface area (Å²) in [6, 6.07) is 7.47. The van der Waals surface area contributed by atoms with E-state index in [1.54, 1.807) is 12.3 Å². The van der Waals surface area contributed by atoms with Crippen LogP contribution in [-0.2, 0) is 4.79 Å². The van der Waals surface area contributed by atoms with Crippen LogP contribution in [0.25, 0.3) is 10.9 Å². The molecule has 116 valence electrons. The fraction of sp³-hybridized carbons (Fsp3) is 0.412. The third-order valence-electron chi connectivity index (χ3n) is 4.51. The van der Waals surface area contributed by atoms with Gasteiger partial charge in [0.05, 0.1) is 23.0 Å². The average molecular weight is 300 g/mol. The Morgan fingerprint density at radius 1 is 1.18 bits per heavy atom. The van der Waals surface area contributed by atoms with Gasteiger partial charge in [0.15, 0.2) is 0 Å². The zero-order valence-corrected chi connectivity index (χ0v) is 12.4. The number of carboxylic acid groups (broad SMARTS) is 1. The highest BCUT2D eigenvalue weighted by molar-refractivity contribution is 6.06. The Morgan fingerprint density at radius 3 is 2.68 bits per heavy atom. The number of para-hydroxylation sites is 1. The van der Waals surface area contributed by atoms with Gasteiger partial charge in [-0.15, -0.1) is 0 Å². The summed E-state index contributed by atoms with van der Waals surface area (Å²) in [5, 5.41) is 13.2. The van der Waals surface area contributed by atoms with Crippen molar-refractivity contribution in [3.63, 3.8) is 0 Å². The average Bonchev–Trinajstić information content (AvgIpc) is 2.95. The number of carbonyl (C=O) groups is 2. The van der Waals surface area contributed by atoms with E-state index in [0.29, 0.717) is 5.56 Å². The molecule has 3 N–H and O–H groups in total. The standard InChI is InChI=1S/C17H20N2O3/c20-14(21)11-17(8-2-1-3-9-17)19-16(22)13-6-4-5-12-7-10-18-15(12)13/h4-7,10,18H,1-3,8-9,11H2,(H,19,22)(H,20,21). The molecular formula is C17H20N2O3. The van der Waals surface area contributed by atoms with Crippen molar-refractivity contribution in [3.8, 4) is 0 Å². The van der Waals surface area contributed by atoms with E-state index in [1.165, 1.54) is 0 Å². The summed E-state index contributed by atoms with van der Waals surface area (Å²) < 4.78 is 0. The molecule has 0 unspecified atom stereocenters. The number of hydrogen-bond acceptors (Lipinski definition) is 2. The van der Waals surface area contributed by atoms with Crippen molar-refractivity contribution in [3.05, 3.63) is 36.0 Å². The molecule has 1 aromatic carbocycles. The summed E-state index contributed by atoms with van der Waals surface area (Å²) in [4.78, 5) is 27.0. The van der Waals surface area contributed by atoms with Gasteiger partial charge in [-0.25, -0.2) is 0 Å². The number of aromatic amines is 1. The molecule has 1 aliphatic carbocycles. The van der Waals surface area contributed by atoms with Crippen LogP contribution in [0.1, 0.15) is 48.9 Å². The number of hydrogen-bond donors (Lipinski definition) is 3. The molecule has 0 saturated heterocycles. The van der Waals surface area contributed by atoms with E-state index in [1.807, 2.05) is 18.2 Å². The summed E-state index contributed by atoms with van der Waals surface area (Å²) in [6.07, 6.45) is 6.26. The summed E-state index contributed by atoms with van der Waals surface area (Å²) in [7, 11) is 0. The maximum atomic E-state index is 12.7. The predicted octanol–water partition coefficient (Wildman–Crippen LogP) is 3.08. The molecule has 1 amide bonds. The molecule has 1 saturated carbocycles. The van der Waals surface area contributed by atoms with E-state index in [9.17, 15) is 14.7 Å². The summed E-state index contributed by atoms with van der Waals surface area (Å²) in [6.45, 7) is 0. The molecule has 1 fully saturated rings. The topological polar surface area (TPSA) is 82.2 Å². The minimum atomic E-state index is -0.861. The van der Waals surface area contributed by atoms with Gasteiger partial charge in [0.1, 0.15) is 0 Å². The van der Waals surface area contributed by atoms with Crippen LogP contribution in [0.3, 0.4) is 0 Å². The highest BCUT2D eigenvalue weighted by Gasteiger charge is 2.36. The molecule has 0 aliphatic heterocycles. The molecule has 1 aliphatic rings. The number of amides is 1. The molecule has 5 heteroatoms. The molecule has 0 atom stereocenters. The normalized spacial score (nSPS) is 17.3. The monoisotopic (exact) mass is 300 g/mol. The van der Waals surface area contributed by atoms with Crippen molar-refractivity contribution < 1.29 is 14.7 Å². The van der Waals surface area contributed by atoms with Crippen LogP contribution in [0.2, 0.25) is 0 Å². The second-order valence-electron chi connectivity index (χ2n) is 6.11. The number of nitrogens with one attached hydrogen (secondary N) is 2. The maximum Gasteiger partial charge on any atom is 0.305 e. The Morgan fingerprint density at radius 2 is 1.95 bits per heavy atom. The third-order valence-corrected chi connectivity index (χ3v) is 4.51. The first-order valence-corrected chi connectivity index (χ1v) is 7.70. The molecule has 0 spiro atoms. The van der Waals surface area contributed by atoms with Crippen LogP contribution >= 0.6 is 0 Å². The van der Waals surface area contributed by atoms with Crippen LogP contribution in [0.15, 0.2) is 30.5 Å². The summed E-state index contributed by atoms with van der Waals surface area (Å²) in [5.74, 6) is -1.06. The van der Waals surface area contributed by atoms with E-state index in [2.05, 4.69) is 10.3 Å². The van der Waals surface area contributed by atoms with Crippen LogP contribution in [0, 0.1) is 0 Å². The molecular weight excluding hydrogens is 280 g/mol. The van der Waals surface area contributed by atoms with Gasteiger partial charge in [0.25, 0.3) is 5.91 Å². The molecule has 1 aromatic heterocycles. The first-order chi connectivity index (χ1) is 10.6. The lowest BCUT2D eigenvalue weighted by Crippen LogP contribution is -2.51. The van der Waals surface area contributed by atoms with Gasteiger partial charge in [0, 0.05) is 11.6 Å². The lowest BCUT2D eigenvalue weighted by atomic mass is 9.79. The van der Waals surface area contributed by atoms with Gasteiger partial charge in [-0.05, 0) is 25.0 Å². The van der Waals surface area contributed by atoms with E-state index < -0.39 is 11.5 Å². The predicted molar refractivity (Wildman–Crippen MR) is 83.8 cm³/mol. The quantitative estimate of drug-likeness (QED) is 0.811. The van der Waals surface area contributed by atoms with Gasteiger partial charge in [0.2, 0.25) is 0 Å². The van der Waals surface area contributed by atoms with Gasteiger partial charge >= 0.3 is 5.97 Å². The highest BCUT2D eigenvalue weighted by Crippen LogP contribution is 2.32. The molecule has 1 heterocycles. The number of rotatable bonds is 4. The Balaban J connectivity index is 1.87. The Labute approximate surface area is 128 Å². The van der Waals surface area contributed by atoms with Gasteiger partial charge in [-0.2, -0.15) is 0 Å². The lowest BCUT2D eigenvalue weighted by molar-refractivity contribution is -0.139. The van der Waals surface area contributed by atoms with Crippen molar-refractivity contribution in [2.75, 3.05) is 0 Å². The van der Waals surface area contributed by atoms with Crippen LogP contribution in [-0.4, -0.2) is 27.5 Å². The van der Waals surface area contributed by atoms with Crippen molar-refractivity contribution in [2.24, 2.45) is 0 Å². The van der Waals surface area contributed by atoms with Crippen molar-refractivity contribution >= 4 is 22.8 Å². The van der Waals surface area contributed by atoms with Crippen LogP contribution < -0.4 is 5.32 Å². The van der Waals surface area contributed by atoms with E-state index in [0.717, 1.165) is 43.0 Å². The van der Waals surface area contributed by atoms with E-state index in [-0.39, 0.29) is 12.3 Å². The second-order valence-corrected chi connectivity index (χ2v) is 6.11. The number of carbonyl (C=O) groups excluding carboxylic acids is 1. The van der Waals surface area contributed by atoms with Gasteiger partial charge < -0.3 is 15.4 Å². The van der Waals surface area contributed by atoms with Crippen molar-refractivity contribution in [1.29, 1.82) is 0 Å². The first-order valence-electron chi connectivity index (χ1n) is 7.70. The molecule has 2 aromatic rings. The Hall–Kier alpha value is -2.30. The maximum absolute atomic E-state index is 12.7. The minimum Gasteiger partial charge on any atom is -0.481 e. The number of aromatic nitrogens is 1. The summed E-state index contributed by atoms with van der Waals surface area (Å²) >= 11 is 0. The SMILES string of the molecule is O=C(O)CC1(NC(=O)c2cccc3cc[nH]c23)CCCCC1. The van der Waals surface area contributed by atoms with Gasteiger partial charge in [-0.3, -0.25) is 9.59 Å². The number of aliphatic carboxylic acids is 1. The largest absolute Gasteiger partial charge is 0.481 e. The number of benzene rings is 1. The van der Waals surface area contributed by atoms with Crippen LogP contribution in [0.4, 0.5) is 0 Å². The van der Waals surface area contributed by atoms with Crippen LogP contribution in [0.5, 0.6) is 0 Å². The molecule has 22 heavy (non-hydrogen) atoms. The first kappa shape index (κ1) is 14.6. The van der Waals surface area contributed by atoms with Gasteiger partial charge in [-0.1, -0.05) is 31.4 Å². The second kappa shape index (κ2) is 5.83. The number of H-pyrrole nitrogens is 1. The van der Waals surface area contributed by atoms with Crippen molar-refractivity contribution in [1.82, 2.24) is 10.3 Å². The third kappa shape index (κ3) is 2.84. The zero-order valence-electron chi connectivity index (χ0n) is 12.4. The van der Waals surface area contributed by atoms with Crippen molar-refractivity contribution in [2.45, 2.75) is 44.1 Å². The molecule has 3 rings (SSSR count). The summed E-state index contributed by atoms with van der Waals surface area (Å²) in [5.41, 5.74) is 0.745. The minimum absolute atomic E-state index is 0.0144. The highest BCUT2D eigenvalue weighted by atomic mass is 16.4. The Kier molecular flexibility index (Phi) is 3.88. The molecule has 0 bridgehead atoms. The molecule has 5 nitrogen and oxygen atoms in total. The fourth-order valence-electron chi connectivity index (χ4n) is 3.45. The number of carboxylic acids is 1. The smallest absolute Gasteiger partial charge is 0.305 e. The Bertz CT molecular complexity index is 699. The van der Waals surface area contributed by atoms with E-state index in [4.69, 9.17) is 0 Å². The molecule has 0 radical (unpaired) electrons. The lowest BCUT2D eigenvalue weighted by Gasteiger charge is -2.37. The van der Waals surface area contributed by atoms with E-state index >= 15 is 0 Å². The zero-order chi connectivity index (χ0) is 15.6.